The van der Waals surface area contributed by atoms with E-state index in [1.807, 2.05) is 52.9 Å². The number of nitrogens with zero attached hydrogens (tertiary/aromatic N) is 1. The standard InChI is InChI=1S/C14H7ClINO2/c15-10-7-6-9-12(18)11(16)13(19-14(9)17-10)8-4-2-1-3-5-8/h1-7H. The van der Waals surface area contributed by atoms with E-state index in [-0.39, 0.29) is 11.1 Å². The van der Waals surface area contributed by atoms with Gasteiger partial charge in [-0.1, -0.05) is 41.9 Å². The van der Waals surface area contributed by atoms with Gasteiger partial charge in [-0.15, -0.1) is 0 Å². The molecule has 0 radical (unpaired) electrons. The molecule has 3 aromatic rings. The average Bonchev–Trinajstić information content (AvgIpc) is 2.43. The maximum atomic E-state index is 12.3. The molecular weight excluding hydrogens is 377 g/mol. The van der Waals surface area contributed by atoms with Crippen molar-refractivity contribution in [3.05, 3.63) is 61.4 Å². The van der Waals surface area contributed by atoms with Crippen molar-refractivity contribution in [2.24, 2.45) is 0 Å². The van der Waals surface area contributed by atoms with Crippen LogP contribution < -0.4 is 5.43 Å². The lowest BCUT2D eigenvalue weighted by Crippen LogP contribution is -2.08. The van der Waals surface area contributed by atoms with Crippen molar-refractivity contribution < 1.29 is 4.42 Å². The molecule has 5 heteroatoms. The van der Waals surface area contributed by atoms with E-state index in [0.717, 1.165) is 5.56 Å². The van der Waals surface area contributed by atoms with Gasteiger partial charge in [0.2, 0.25) is 11.1 Å². The molecule has 1 aromatic carbocycles. The first-order valence-electron chi connectivity index (χ1n) is 5.51. The second-order valence-corrected chi connectivity index (χ2v) is 5.39. The van der Waals surface area contributed by atoms with Crippen molar-refractivity contribution in [3.63, 3.8) is 0 Å². The summed E-state index contributed by atoms with van der Waals surface area (Å²) in [5.41, 5.74) is 1.01. The first-order chi connectivity index (χ1) is 9.16. The molecule has 2 heterocycles. The molecule has 3 rings (SSSR count). The second kappa shape index (κ2) is 4.94. The smallest absolute Gasteiger partial charge is 0.232 e. The van der Waals surface area contributed by atoms with Crippen LogP contribution in [-0.4, -0.2) is 4.98 Å². The summed E-state index contributed by atoms with van der Waals surface area (Å²) < 4.78 is 6.28. The third kappa shape index (κ3) is 2.26. The Bertz CT molecular complexity index is 815. The Hall–Kier alpha value is -1.40. The second-order valence-electron chi connectivity index (χ2n) is 3.93. The predicted molar refractivity (Wildman–Crippen MR) is 83.4 cm³/mol. The van der Waals surface area contributed by atoms with Crippen molar-refractivity contribution >= 4 is 45.3 Å². The fourth-order valence-electron chi connectivity index (χ4n) is 1.81. The zero-order valence-corrected chi connectivity index (χ0v) is 12.5. The van der Waals surface area contributed by atoms with E-state index in [4.69, 9.17) is 16.0 Å². The van der Waals surface area contributed by atoms with Crippen molar-refractivity contribution in [2.75, 3.05) is 0 Å². The first kappa shape index (κ1) is 12.6. The highest BCUT2D eigenvalue weighted by atomic mass is 127. The molecule has 0 fully saturated rings. The third-order valence-corrected chi connectivity index (χ3v) is 3.89. The van der Waals surface area contributed by atoms with Crippen molar-refractivity contribution in [1.82, 2.24) is 4.98 Å². The van der Waals surface area contributed by atoms with Gasteiger partial charge in [-0.25, -0.2) is 4.98 Å². The normalized spacial score (nSPS) is 10.8. The minimum atomic E-state index is -0.0927. The number of hydrogen-bond acceptors (Lipinski definition) is 3. The van der Waals surface area contributed by atoms with Crippen LogP contribution >= 0.6 is 34.2 Å². The molecule has 0 aliphatic carbocycles. The number of pyridine rings is 1. The van der Waals surface area contributed by atoms with Gasteiger partial charge in [-0.05, 0) is 34.7 Å². The van der Waals surface area contributed by atoms with Crippen LogP contribution in [0.1, 0.15) is 0 Å². The van der Waals surface area contributed by atoms with Crippen LogP contribution in [0.25, 0.3) is 22.4 Å². The molecule has 0 saturated carbocycles. The lowest BCUT2D eigenvalue weighted by atomic mass is 10.1. The summed E-state index contributed by atoms with van der Waals surface area (Å²) in [6.45, 7) is 0. The third-order valence-electron chi connectivity index (χ3n) is 2.70. The highest BCUT2D eigenvalue weighted by Gasteiger charge is 2.14. The number of hydrogen-bond donors (Lipinski definition) is 0. The maximum Gasteiger partial charge on any atom is 0.232 e. The monoisotopic (exact) mass is 383 g/mol. The SMILES string of the molecule is O=c1c(I)c(-c2ccccc2)oc2nc(Cl)ccc12. The molecule has 3 nitrogen and oxygen atoms in total. The number of benzene rings is 1. The van der Waals surface area contributed by atoms with Crippen LogP contribution in [0.3, 0.4) is 0 Å². The van der Waals surface area contributed by atoms with Gasteiger partial charge >= 0.3 is 0 Å². The van der Waals surface area contributed by atoms with E-state index >= 15 is 0 Å². The number of aromatic nitrogens is 1. The molecule has 19 heavy (non-hydrogen) atoms. The molecular formula is C14H7ClINO2. The summed E-state index contributed by atoms with van der Waals surface area (Å²) in [5.74, 6) is 0.522. The average molecular weight is 384 g/mol. The van der Waals surface area contributed by atoms with Gasteiger partial charge in [-0.3, -0.25) is 4.79 Å². The zero-order chi connectivity index (χ0) is 13.4. The van der Waals surface area contributed by atoms with Gasteiger partial charge in [-0.2, -0.15) is 0 Å². The molecule has 0 saturated heterocycles. The molecule has 94 valence electrons. The molecule has 0 aliphatic rings. The van der Waals surface area contributed by atoms with Crippen molar-refractivity contribution in [2.45, 2.75) is 0 Å². The van der Waals surface area contributed by atoms with Gasteiger partial charge < -0.3 is 4.42 Å². The quantitative estimate of drug-likeness (QED) is 0.469. The van der Waals surface area contributed by atoms with E-state index in [1.54, 1.807) is 12.1 Å². The molecule has 0 spiro atoms. The van der Waals surface area contributed by atoms with Crippen LogP contribution in [0.5, 0.6) is 0 Å². The van der Waals surface area contributed by atoms with Crippen LogP contribution in [0.15, 0.2) is 51.7 Å². The lowest BCUT2D eigenvalue weighted by Gasteiger charge is -2.05. The Kier molecular flexibility index (Phi) is 3.28. The number of rotatable bonds is 1. The predicted octanol–water partition coefficient (Wildman–Crippen LogP) is 4.11. The van der Waals surface area contributed by atoms with Crippen molar-refractivity contribution in [3.8, 4) is 11.3 Å². The maximum absolute atomic E-state index is 12.3. The summed E-state index contributed by atoms with van der Waals surface area (Å²) in [7, 11) is 0. The first-order valence-corrected chi connectivity index (χ1v) is 6.97. The minimum Gasteiger partial charge on any atom is -0.436 e. The van der Waals surface area contributed by atoms with E-state index in [2.05, 4.69) is 4.98 Å². The molecule has 0 N–H and O–H groups in total. The highest BCUT2D eigenvalue weighted by molar-refractivity contribution is 14.1. The number of halogens is 2. The van der Waals surface area contributed by atoms with Crippen molar-refractivity contribution in [1.29, 1.82) is 0 Å². The van der Waals surface area contributed by atoms with Gasteiger partial charge in [0.05, 0.1) is 5.39 Å². The molecule has 0 amide bonds. The molecule has 0 aliphatic heterocycles. The number of fused-ring (bicyclic) bond motifs is 1. The van der Waals surface area contributed by atoms with E-state index in [1.165, 1.54) is 0 Å². The largest absolute Gasteiger partial charge is 0.436 e. The zero-order valence-electron chi connectivity index (χ0n) is 9.56. The Morgan fingerprint density at radius 2 is 1.84 bits per heavy atom. The Morgan fingerprint density at radius 3 is 2.58 bits per heavy atom. The van der Waals surface area contributed by atoms with Crippen LogP contribution in [0.4, 0.5) is 0 Å². The van der Waals surface area contributed by atoms with E-state index in [9.17, 15) is 4.79 Å². The van der Waals surface area contributed by atoms with Gasteiger partial charge in [0.15, 0.2) is 5.76 Å². The topological polar surface area (TPSA) is 43.1 Å². The van der Waals surface area contributed by atoms with Crippen LogP contribution in [0, 0.1) is 3.57 Å². The molecule has 0 atom stereocenters. The summed E-state index contributed by atoms with van der Waals surface area (Å²) >= 11 is 7.83. The van der Waals surface area contributed by atoms with E-state index < -0.39 is 0 Å². The lowest BCUT2D eigenvalue weighted by molar-refractivity contribution is 0.602. The van der Waals surface area contributed by atoms with Gasteiger partial charge in [0.25, 0.3) is 0 Å². The van der Waals surface area contributed by atoms with Crippen LogP contribution in [0.2, 0.25) is 5.15 Å². The Labute approximate surface area is 127 Å². The Balaban J connectivity index is 2.38. The van der Waals surface area contributed by atoms with Gasteiger partial charge in [0, 0.05) is 5.56 Å². The summed E-state index contributed by atoms with van der Waals surface area (Å²) in [6.07, 6.45) is 0. The fourth-order valence-corrected chi connectivity index (χ4v) is 2.66. The minimum absolute atomic E-state index is 0.0927. The van der Waals surface area contributed by atoms with E-state index in [0.29, 0.717) is 19.9 Å². The molecule has 0 bridgehead atoms. The summed E-state index contributed by atoms with van der Waals surface area (Å²) in [4.78, 5) is 16.3. The van der Waals surface area contributed by atoms with Gasteiger partial charge in [0.1, 0.15) is 8.72 Å². The summed E-state index contributed by atoms with van der Waals surface area (Å²) in [6, 6.07) is 12.7. The van der Waals surface area contributed by atoms with Crippen LogP contribution in [-0.2, 0) is 0 Å². The highest BCUT2D eigenvalue weighted by Crippen LogP contribution is 2.26. The Morgan fingerprint density at radius 1 is 1.11 bits per heavy atom. The fraction of sp³-hybridized carbons (Fsp3) is 0. The molecule has 2 aromatic heterocycles. The molecule has 0 unspecified atom stereocenters. The summed E-state index contributed by atoms with van der Waals surface area (Å²) in [5, 5.41) is 0.740.